The molecule has 5 N–H and O–H groups in total. The van der Waals surface area contributed by atoms with E-state index in [-0.39, 0.29) is 24.8 Å². The summed E-state index contributed by atoms with van der Waals surface area (Å²) in [6.45, 7) is 3.76. The highest BCUT2D eigenvalue weighted by Gasteiger charge is 2.36. The van der Waals surface area contributed by atoms with Crippen LogP contribution in [0.2, 0.25) is 0 Å². The van der Waals surface area contributed by atoms with Crippen LogP contribution in [0.5, 0.6) is 0 Å². The zero-order valence-electron chi connectivity index (χ0n) is 17.3. The number of nitrogens with two attached hydrogens (primary N) is 1. The predicted octanol–water partition coefficient (Wildman–Crippen LogP) is -0.111. The maximum absolute atomic E-state index is 12.5. The summed E-state index contributed by atoms with van der Waals surface area (Å²) in [6.07, 6.45) is 1.31. The standard InChI is InChI=1S/C21H30N4O5/c1-13(2)18(22)20(28)25-10-6-9-16(25)19(27)23-12-17(26)24-15(21(29)30)11-14-7-4-3-5-8-14/h3-5,7-8,13,15-16,18H,6,9-12,22H2,1-2H3,(H,23,27)(H,24,26)(H,29,30). The average molecular weight is 418 g/mol. The molecule has 0 aromatic heterocycles. The Labute approximate surface area is 176 Å². The monoisotopic (exact) mass is 418 g/mol. The first-order chi connectivity index (χ1) is 14.2. The number of carbonyl (C=O) groups is 4. The molecule has 1 aromatic carbocycles. The summed E-state index contributed by atoms with van der Waals surface area (Å²) in [4.78, 5) is 50.2. The van der Waals surface area contributed by atoms with E-state index in [1.807, 2.05) is 19.9 Å². The summed E-state index contributed by atoms with van der Waals surface area (Å²) in [5.41, 5.74) is 6.70. The normalized spacial score (nSPS) is 18.0. The van der Waals surface area contributed by atoms with E-state index >= 15 is 0 Å². The number of carboxylic acids is 1. The first-order valence-corrected chi connectivity index (χ1v) is 10.1. The van der Waals surface area contributed by atoms with E-state index in [1.54, 1.807) is 24.3 Å². The smallest absolute Gasteiger partial charge is 0.326 e. The Hall–Kier alpha value is -2.94. The van der Waals surface area contributed by atoms with E-state index in [0.717, 1.165) is 5.56 Å². The molecule has 9 nitrogen and oxygen atoms in total. The molecule has 1 heterocycles. The van der Waals surface area contributed by atoms with Crippen LogP contribution in [0.1, 0.15) is 32.3 Å². The van der Waals surface area contributed by atoms with E-state index in [9.17, 15) is 24.3 Å². The molecule has 0 aliphatic carbocycles. The van der Waals surface area contributed by atoms with Gasteiger partial charge in [0.15, 0.2) is 0 Å². The van der Waals surface area contributed by atoms with Crippen molar-refractivity contribution in [3.8, 4) is 0 Å². The number of carboxylic acid groups (broad SMARTS) is 1. The lowest BCUT2D eigenvalue weighted by Gasteiger charge is -2.28. The minimum atomic E-state index is -1.16. The van der Waals surface area contributed by atoms with Crippen molar-refractivity contribution in [3.63, 3.8) is 0 Å². The lowest BCUT2D eigenvalue weighted by atomic mass is 10.0. The second-order valence-electron chi connectivity index (χ2n) is 7.83. The van der Waals surface area contributed by atoms with Crippen LogP contribution < -0.4 is 16.4 Å². The molecule has 9 heteroatoms. The largest absolute Gasteiger partial charge is 0.480 e. The Morgan fingerprint density at radius 1 is 1.20 bits per heavy atom. The van der Waals surface area contributed by atoms with Crippen molar-refractivity contribution in [2.45, 2.75) is 51.2 Å². The van der Waals surface area contributed by atoms with Crippen molar-refractivity contribution in [2.75, 3.05) is 13.1 Å². The number of rotatable bonds is 9. The molecular formula is C21H30N4O5. The fourth-order valence-electron chi connectivity index (χ4n) is 3.36. The summed E-state index contributed by atoms with van der Waals surface area (Å²) in [5.74, 6) is -2.54. The Balaban J connectivity index is 1.88. The van der Waals surface area contributed by atoms with Gasteiger partial charge in [-0.15, -0.1) is 0 Å². The van der Waals surface area contributed by atoms with Gasteiger partial charge in [0.25, 0.3) is 0 Å². The van der Waals surface area contributed by atoms with Gasteiger partial charge in [-0.05, 0) is 24.3 Å². The lowest BCUT2D eigenvalue weighted by molar-refractivity contribution is -0.142. The minimum Gasteiger partial charge on any atom is -0.480 e. The van der Waals surface area contributed by atoms with Crippen LogP contribution in [0.4, 0.5) is 0 Å². The fourth-order valence-corrected chi connectivity index (χ4v) is 3.36. The van der Waals surface area contributed by atoms with Crippen molar-refractivity contribution in [1.82, 2.24) is 15.5 Å². The second-order valence-corrected chi connectivity index (χ2v) is 7.83. The highest BCUT2D eigenvalue weighted by atomic mass is 16.4. The SMILES string of the molecule is CC(C)C(N)C(=O)N1CCCC1C(=O)NCC(=O)NC(Cc1ccccc1)C(=O)O. The van der Waals surface area contributed by atoms with E-state index in [4.69, 9.17) is 5.73 Å². The minimum absolute atomic E-state index is 0.0508. The maximum Gasteiger partial charge on any atom is 0.326 e. The number of hydrogen-bond donors (Lipinski definition) is 4. The molecule has 3 atom stereocenters. The molecule has 0 radical (unpaired) electrons. The van der Waals surface area contributed by atoms with Crippen LogP contribution in [-0.2, 0) is 25.6 Å². The van der Waals surface area contributed by atoms with Crippen molar-refractivity contribution >= 4 is 23.7 Å². The number of benzene rings is 1. The van der Waals surface area contributed by atoms with Gasteiger partial charge in [0.2, 0.25) is 17.7 Å². The molecule has 0 saturated carbocycles. The van der Waals surface area contributed by atoms with Crippen LogP contribution in [0.25, 0.3) is 0 Å². The van der Waals surface area contributed by atoms with Gasteiger partial charge < -0.3 is 26.4 Å². The molecular weight excluding hydrogens is 388 g/mol. The summed E-state index contributed by atoms with van der Waals surface area (Å²) in [7, 11) is 0. The van der Waals surface area contributed by atoms with Crippen molar-refractivity contribution in [1.29, 1.82) is 0 Å². The van der Waals surface area contributed by atoms with Gasteiger partial charge in [0, 0.05) is 13.0 Å². The Bertz CT molecular complexity index is 768. The Morgan fingerprint density at radius 2 is 1.87 bits per heavy atom. The lowest BCUT2D eigenvalue weighted by Crippen LogP contribution is -2.54. The van der Waals surface area contributed by atoms with Gasteiger partial charge in [0.1, 0.15) is 12.1 Å². The quantitative estimate of drug-likeness (QED) is 0.441. The molecule has 1 aromatic rings. The maximum atomic E-state index is 12.5. The molecule has 0 spiro atoms. The summed E-state index contributed by atoms with van der Waals surface area (Å²) >= 11 is 0. The van der Waals surface area contributed by atoms with Gasteiger partial charge in [-0.3, -0.25) is 14.4 Å². The molecule has 3 amide bonds. The molecule has 30 heavy (non-hydrogen) atoms. The third-order valence-corrected chi connectivity index (χ3v) is 5.18. The number of hydrogen-bond acceptors (Lipinski definition) is 5. The highest BCUT2D eigenvalue weighted by molar-refractivity contribution is 5.93. The van der Waals surface area contributed by atoms with Gasteiger partial charge in [-0.2, -0.15) is 0 Å². The van der Waals surface area contributed by atoms with Gasteiger partial charge in [0.05, 0.1) is 12.6 Å². The van der Waals surface area contributed by atoms with Gasteiger partial charge in [-0.25, -0.2) is 4.79 Å². The zero-order chi connectivity index (χ0) is 22.3. The van der Waals surface area contributed by atoms with Crippen LogP contribution in [0.3, 0.4) is 0 Å². The zero-order valence-corrected chi connectivity index (χ0v) is 17.3. The van der Waals surface area contributed by atoms with Crippen molar-refractivity contribution in [3.05, 3.63) is 35.9 Å². The molecule has 1 aliphatic rings. The number of nitrogens with zero attached hydrogens (tertiary/aromatic N) is 1. The van der Waals surface area contributed by atoms with E-state index in [1.165, 1.54) is 4.90 Å². The summed E-state index contributed by atoms with van der Waals surface area (Å²) < 4.78 is 0. The van der Waals surface area contributed by atoms with Gasteiger partial charge >= 0.3 is 5.97 Å². The van der Waals surface area contributed by atoms with E-state index in [0.29, 0.717) is 19.4 Å². The van der Waals surface area contributed by atoms with Gasteiger partial charge in [-0.1, -0.05) is 44.2 Å². The molecule has 164 valence electrons. The Morgan fingerprint density at radius 3 is 2.47 bits per heavy atom. The third kappa shape index (κ3) is 6.28. The van der Waals surface area contributed by atoms with Crippen LogP contribution in [-0.4, -0.2) is 64.9 Å². The first-order valence-electron chi connectivity index (χ1n) is 10.1. The summed E-state index contributed by atoms with van der Waals surface area (Å²) in [5, 5.41) is 14.3. The number of likely N-dealkylation sites (tertiary alicyclic amines) is 1. The molecule has 2 rings (SSSR count). The van der Waals surface area contributed by atoms with E-state index in [2.05, 4.69) is 10.6 Å². The molecule has 3 unspecified atom stereocenters. The van der Waals surface area contributed by atoms with Crippen LogP contribution in [0.15, 0.2) is 30.3 Å². The molecule has 1 saturated heterocycles. The fraction of sp³-hybridized carbons (Fsp3) is 0.524. The van der Waals surface area contributed by atoms with Crippen molar-refractivity contribution < 1.29 is 24.3 Å². The summed E-state index contributed by atoms with van der Waals surface area (Å²) in [6, 6.07) is 6.48. The molecule has 0 bridgehead atoms. The number of nitrogens with one attached hydrogen (secondary N) is 2. The average Bonchev–Trinajstić information content (AvgIpc) is 3.21. The predicted molar refractivity (Wildman–Crippen MR) is 110 cm³/mol. The van der Waals surface area contributed by atoms with Crippen LogP contribution >= 0.6 is 0 Å². The second kappa shape index (κ2) is 10.7. The van der Waals surface area contributed by atoms with Crippen LogP contribution in [0, 0.1) is 5.92 Å². The van der Waals surface area contributed by atoms with E-state index < -0.39 is 35.9 Å². The first kappa shape index (κ1) is 23.3. The number of carbonyl (C=O) groups excluding carboxylic acids is 3. The van der Waals surface area contributed by atoms with Crippen molar-refractivity contribution in [2.24, 2.45) is 11.7 Å². The molecule has 1 fully saturated rings. The molecule has 1 aliphatic heterocycles. The number of aliphatic carboxylic acids is 1. The third-order valence-electron chi connectivity index (χ3n) is 5.18. The number of amides is 3. The Kier molecular flexibility index (Phi) is 8.35. The topological polar surface area (TPSA) is 142 Å². The highest BCUT2D eigenvalue weighted by Crippen LogP contribution is 2.19.